The number of hydrogen-bond donors (Lipinski definition) is 0. The first kappa shape index (κ1) is 17.3. The van der Waals surface area contributed by atoms with Gasteiger partial charge in [-0.2, -0.15) is 0 Å². The lowest BCUT2D eigenvalue weighted by Gasteiger charge is -2.17. The van der Waals surface area contributed by atoms with Crippen molar-refractivity contribution in [2.75, 3.05) is 5.75 Å². The molecule has 0 amide bonds. The summed E-state index contributed by atoms with van der Waals surface area (Å²) in [6.07, 6.45) is 5.54. The molecule has 0 aromatic carbocycles. The van der Waals surface area contributed by atoms with Gasteiger partial charge in [0.2, 0.25) is 0 Å². The van der Waals surface area contributed by atoms with E-state index in [1.54, 1.807) is 0 Å². The van der Waals surface area contributed by atoms with Crippen molar-refractivity contribution >= 4 is 11.8 Å². The van der Waals surface area contributed by atoms with E-state index in [1.165, 1.54) is 24.0 Å². The van der Waals surface area contributed by atoms with Gasteiger partial charge in [0.05, 0.1) is 5.03 Å². The number of nitrogens with zero attached hydrogens (tertiary/aromatic N) is 1. The van der Waals surface area contributed by atoms with Crippen LogP contribution in [0.15, 0.2) is 35.5 Å². The minimum Gasteiger partial charge on any atom is -0.250 e. The maximum absolute atomic E-state index is 4.59. The van der Waals surface area contributed by atoms with Gasteiger partial charge in [-0.3, -0.25) is 0 Å². The molecular weight excluding hydrogens is 262 g/mol. The van der Waals surface area contributed by atoms with E-state index in [4.69, 9.17) is 0 Å². The summed E-state index contributed by atoms with van der Waals surface area (Å²) in [4.78, 5) is 4.59. The Kier molecular flexibility index (Phi) is 6.81. The van der Waals surface area contributed by atoms with Gasteiger partial charge in [0.1, 0.15) is 0 Å². The van der Waals surface area contributed by atoms with Crippen LogP contribution in [0.4, 0.5) is 0 Å². The summed E-state index contributed by atoms with van der Waals surface area (Å²) in [5, 5.41) is 1.13. The summed E-state index contributed by atoms with van der Waals surface area (Å²) in [7, 11) is 0. The molecule has 1 aromatic rings. The molecule has 0 saturated heterocycles. The molecule has 0 fully saturated rings. The average Bonchev–Trinajstić information content (AvgIpc) is 2.36. The van der Waals surface area contributed by atoms with Crippen molar-refractivity contribution in [3.8, 4) is 0 Å². The molecule has 0 bridgehead atoms. The Morgan fingerprint density at radius 1 is 1.35 bits per heavy atom. The fourth-order valence-electron chi connectivity index (χ4n) is 2.06. The van der Waals surface area contributed by atoms with Gasteiger partial charge in [0, 0.05) is 11.9 Å². The van der Waals surface area contributed by atoms with Gasteiger partial charge in [0.25, 0.3) is 0 Å². The van der Waals surface area contributed by atoms with Crippen LogP contribution in [-0.4, -0.2) is 10.7 Å². The van der Waals surface area contributed by atoms with Gasteiger partial charge in [0.15, 0.2) is 0 Å². The molecule has 0 spiro atoms. The number of aromatic nitrogens is 1. The molecule has 0 aliphatic carbocycles. The SMILES string of the molecule is C=C(C)C(CCC)Cc1ccc(SCC(C)(C)C)nc1. The van der Waals surface area contributed by atoms with Crippen molar-refractivity contribution in [1.82, 2.24) is 4.98 Å². The Morgan fingerprint density at radius 2 is 2.05 bits per heavy atom. The molecule has 1 heterocycles. The van der Waals surface area contributed by atoms with Crippen molar-refractivity contribution in [2.24, 2.45) is 11.3 Å². The lowest BCUT2D eigenvalue weighted by atomic mass is 9.90. The van der Waals surface area contributed by atoms with Crippen LogP contribution in [0.1, 0.15) is 53.0 Å². The van der Waals surface area contributed by atoms with Crippen molar-refractivity contribution < 1.29 is 0 Å². The molecule has 0 aliphatic rings. The molecule has 0 saturated carbocycles. The third kappa shape index (κ3) is 6.60. The van der Waals surface area contributed by atoms with Crippen molar-refractivity contribution in [3.63, 3.8) is 0 Å². The zero-order valence-electron chi connectivity index (χ0n) is 13.7. The van der Waals surface area contributed by atoms with E-state index in [-0.39, 0.29) is 0 Å². The predicted octanol–water partition coefficient (Wildman–Crippen LogP) is 5.75. The van der Waals surface area contributed by atoms with Crippen LogP contribution in [-0.2, 0) is 6.42 Å². The maximum atomic E-state index is 4.59. The standard InChI is InChI=1S/C18H29NS/c1-7-8-16(14(2)3)11-15-9-10-17(19-12-15)20-13-18(4,5)6/h9-10,12,16H,2,7-8,11,13H2,1,3-6H3. The van der Waals surface area contributed by atoms with Gasteiger partial charge in [-0.05, 0) is 42.7 Å². The largest absolute Gasteiger partial charge is 0.250 e. The highest BCUT2D eigenvalue weighted by Crippen LogP contribution is 2.26. The lowest BCUT2D eigenvalue weighted by Crippen LogP contribution is -2.08. The normalized spacial score (nSPS) is 13.2. The van der Waals surface area contributed by atoms with E-state index >= 15 is 0 Å². The minimum absolute atomic E-state index is 0.344. The van der Waals surface area contributed by atoms with Gasteiger partial charge < -0.3 is 0 Å². The molecule has 1 unspecified atom stereocenters. The van der Waals surface area contributed by atoms with Crippen LogP contribution >= 0.6 is 11.8 Å². The summed E-state index contributed by atoms with van der Waals surface area (Å²) in [6, 6.07) is 4.39. The highest BCUT2D eigenvalue weighted by atomic mass is 32.2. The smallest absolute Gasteiger partial charge is 0.0960 e. The van der Waals surface area contributed by atoms with E-state index in [0.717, 1.165) is 17.2 Å². The van der Waals surface area contributed by atoms with E-state index in [2.05, 4.69) is 58.3 Å². The summed E-state index contributed by atoms with van der Waals surface area (Å²) in [5.74, 6) is 1.69. The molecule has 1 rings (SSSR count). The van der Waals surface area contributed by atoms with E-state index in [1.807, 2.05) is 18.0 Å². The number of pyridine rings is 1. The van der Waals surface area contributed by atoms with Crippen molar-refractivity contribution in [3.05, 3.63) is 36.0 Å². The predicted molar refractivity (Wildman–Crippen MR) is 91.3 cm³/mol. The van der Waals surface area contributed by atoms with Crippen molar-refractivity contribution in [1.29, 1.82) is 0 Å². The summed E-state index contributed by atoms with van der Waals surface area (Å²) in [6.45, 7) is 15.3. The van der Waals surface area contributed by atoms with Gasteiger partial charge in [-0.1, -0.05) is 52.3 Å². The summed E-state index contributed by atoms with van der Waals surface area (Å²) in [5.41, 5.74) is 2.96. The van der Waals surface area contributed by atoms with Gasteiger partial charge >= 0.3 is 0 Å². The highest BCUT2D eigenvalue weighted by Gasteiger charge is 2.12. The summed E-state index contributed by atoms with van der Waals surface area (Å²) < 4.78 is 0. The number of thioether (sulfide) groups is 1. The molecule has 0 aliphatic heterocycles. The summed E-state index contributed by atoms with van der Waals surface area (Å²) >= 11 is 1.84. The molecule has 0 radical (unpaired) electrons. The van der Waals surface area contributed by atoms with E-state index in [0.29, 0.717) is 11.3 Å². The Bertz CT molecular complexity index is 414. The zero-order chi connectivity index (χ0) is 15.2. The molecule has 0 N–H and O–H groups in total. The van der Waals surface area contributed by atoms with Crippen LogP contribution in [0.2, 0.25) is 0 Å². The fraction of sp³-hybridized carbons (Fsp3) is 0.611. The van der Waals surface area contributed by atoms with Crippen LogP contribution in [0.25, 0.3) is 0 Å². The number of rotatable bonds is 7. The number of allylic oxidation sites excluding steroid dienone is 1. The Labute approximate surface area is 129 Å². The molecule has 112 valence electrons. The van der Waals surface area contributed by atoms with Crippen molar-refractivity contribution in [2.45, 2.75) is 58.9 Å². The monoisotopic (exact) mass is 291 g/mol. The minimum atomic E-state index is 0.344. The van der Waals surface area contributed by atoms with Gasteiger partial charge in [-0.25, -0.2) is 4.98 Å². The van der Waals surface area contributed by atoms with Crippen LogP contribution in [0, 0.1) is 11.3 Å². The van der Waals surface area contributed by atoms with E-state index < -0.39 is 0 Å². The molecule has 2 heteroatoms. The molecule has 1 atom stereocenters. The first-order valence-electron chi connectivity index (χ1n) is 7.55. The molecule has 1 aromatic heterocycles. The lowest BCUT2D eigenvalue weighted by molar-refractivity contribution is 0.480. The first-order chi connectivity index (χ1) is 9.31. The average molecular weight is 292 g/mol. The molecule has 20 heavy (non-hydrogen) atoms. The Morgan fingerprint density at radius 3 is 2.50 bits per heavy atom. The highest BCUT2D eigenvalue weighted by molar-refractivity contribution is 7.99. The molecular formula is C18H29NS. The van der Waals surface area contributed by atoms with Crippen LogP contribution in [0.5, 0.6) is 0 Å². The second kappa shape index (κ2) is 7.87. The molecule has 1 nitrogen and oxygen atoms in total. The van der Waals surface area contributed by atoms with Crippen LogP contribution in [0.3, 0.4) is 0 Å². The van der Waals surface area contributed by atoms with E-state index in [9.17, 15) is 0 Å². The third-order valence-corrected chi connectivity index (χ3v) is 4.81. The maximum Gasteiger partial charge on any atom is 0.0960 e. The van der Waals surface area contributed by atoms with Gasteiger partial charge in [-0.15, -0.1) is 11.8 Å². The second-order valence-electron chi connectivity index (χ2n) is 6.89. The first-order valence-corrected chi connectivity index (χ1v) is 8.53. The Hall–Kier alpha value is -0.760. The quantitative estimate of drug-likeness (QED) is 0.468. The second-order valence-corrected chi connectivity index (χ2v) is 7.89. The third-order valence-electron chi connectivity index (χ3n) is 3.27. The number of hydrogen-bond acceptors (Lipinski definition) is 2. The Balaban J connectivity index is 2.59. The zero-order valence-corrected chi connectivity index (χ0v) is 14.5. The fourth-order valence-corrected chi connectivity index (χ4v) is 2.94. The topological polar surface area (TPSA) is 12.9 Å². The van der Waals surface area contributed by atoms with Crippen LogP contribution < -0.4 is 0 Å².